The second-order valence-electron chi connectivity index (χ2n) is 2.01. The molecule has 66 valence electrons. The molecule has 0 radical (unpaired) electrons. The lowest BCUT2D eigenvalue weighted by Gasteiger charge is -2.14. The predicted octanol–water partition coefficient (Wildman–Crippen LogP) is 2.54. The molecule has 0 aliphatic heterocycles. The Morgan fingerprint density at radius 3 is 2.83 bits per heavy atom. The molecule has 1 aromatic heterocycles. The molecule has 0 aliphatic carbocycles. The highest BCUT2D eigenvalue weighted by Gasteiger charge is 2.32. The second-order valence-corrected chi connectivity index (χ2v) is 2.63. The van der Waals surface area contributed by atoms with Gasteiger partial charge in [-0.3, -0.25) is 4.98 Å². The molecule has 0 aliphatic rings. The van der Waals surface area contributed by atoms with Crippen LogP contribution in [0.3, 0.4) is 0 Å². The summed E-state index contributed by atoms with van der Waals surface area (Å²) < 4.78 is 30.0. The average molecular weight is 285 g/mol. The van der Waals surface area contributed by atoms with E-state index in [1.54, 1.807) is 22.6 Å². The van der Waals surface area contributed by atoms with E-state index < -0.39 is 6.11 Å². The first-order valence-electron chi connectivity index (χ1n) is 3.15. The van der Waals surface area contributed by atoms with Crippen LogP contribution in [0.1, 0.15) is 5.56 Å². The molecular weight excluding hydrogens is 279 g/mol. The maximum atomic E-state index is 12.9. The van der Waals surface area contributed by atoms with Gasteiger partial charge in [-0.15, -0.1) is 0 Å². The monoisotopic (exact) mass is 285 g/mol. The van der Waals surface area contributed by atoms with E-state index >= 15 is 0 Å². The van der Waals surface area contributed by atoms with Crippen LogP contribution in [0.2, 0.25) is 0 Å². The van der Waals surface area contributed by atoms with Gasteiger partial charge in [0.25, 0.3) is 0 Å². The van der Waals surface area contributed by atoms with Crippen molar-refractivity contribution < 1.29 is 13.5 Å². The Morgan fingerprint density at radius 1 is 1.58 bits per heavy atom. The first-order valence-corrected chi connectivity index (χ1v) is 4.67. The van der Waals surface area contributed by atoms with Gasteiger partial charge in [-0.1, -0.05) is 22.6 Å². The summed E-state index contributed by atoms with van der Waals surface area (Å²) in [5, 5.41) is 0. The second kappa shape index (κ2) is 4.08. The van der Waals surface area contributed by atoms with E-state index in [1.165, 1.54) is 18.3 Å². The summed E-state index contributed by atoms with van der Waals surface area (Å²) in [6.07, 6.45) is -0.703. The highest BCUT2D eigenvalue weighted by Crippen LogP contribution is 2.28. The zero-order valence-electron chi connectivity index (χ0n) is 6.01. The fraction of sp³-hybridized carbons (Fsp3) is 0.286. The molecule has 0 aromatic carbocycles. The first kappa shape index (κ1) is 9.79. The van der Waals surface area contributed by atoms with E-state index in [0.717, 1.165) is 6.20 Å². The maximum Gasteiger partial charge on any atom is 0.385 e. The zero-order valence-corrected chi connectivity index (χ0v) is 8.16. The van der Waals surface area contributed by atoms with Crippen LogP contribution in [-0.2, 0) is 10.8 Å². The van der Waals surface area contributed by atoms with Gasteiger partial charge in [0.05, 0.1) is 5.56 Å². The van der Waals surface area contributed by atoms with Gasteiger partial charge in [-0.05, 0) is 12.1 Å². The Hall–Kier alpha value is -0.300. The molecule has 5 heteroatoms. The van der Waals surface area contributed by atoms with Crippen LogP contribution < -0.4 is 0 Å². The quantitative estimate of drug-likeness (QED) is 0.629. The van der Waals surface area contributed by atoms with Gasteiger partial charge in [-0.2, -0.15) is 8.78 Å². The molecule has 0 unspecified atom stereocenters. The molecule has 0 N–H and O–H groups in total. The van der Waals surface area contributed by atoms with Crippen LogP contribution >= 0.6 is 22.6 Å². The van der Waals surface area contributed by atoms with Crippen LogP contribution in [0.25, 0.3) is 0 Å². The minimum Gasteiger partial charge on any atom is -0.306 e. The normalized spacial score (nSPS) is 11.6. The molecule has 0 fully saturated rings. The van der Waals surface area contributed by atoms with Gasteiger partial charge in [0.15, 0.2) is 0 Å². The largest absolute Gasteiger partial charge is 0.385 e. The Morgan fingerprint density at radius 2 is 2.33 bits per heavy atom. The van der Waals surface area contributed by atoms with Crippen molar-refractivity contribution in [1.82, 2.24) is 4.98 Å². The first-order chi connectivity index (χ1) is 5.67. The van der Waals surface area contributed by atoms with Crippen molar-refractivity contribution in [2.45, 2.75) is 6.11 Å². The number of pyridine rings is 1. The van der Waals surface area contributed by atoms with E-state index in [1.807, 2.05) is 0 Å². The lowest BCUT2D eigenvalue weighted by atomic mass is 10.3. The molecular formula is C7H6F2INO. The van der Waals surface area contributed by atoms with E-state index in [0.29, 0.717) is 0 Å². The maximum absolute atomic E-state index is 12.9. The number of hydrogen-bond donors (Lipinski definition) is 0. The average Bonchev–Trinajstić information content (AvgIpc) is 2.06. The number of ether oxygens (including phenoxy) is 1. The van der Waals surface area contributed by atoms with Gasteiger partial charge in [0, 0.05) is 12.4 Å². The molecule has 12 heavy (non-hydrogen) atoms. The Bertz CT molecular complexity index is 242. The topological polar surface area (TPSA) is 22.1 Å². The lowest BCUT2D eigenvalue weighted by Crippen LogP contribution is -2.17. The van der Waals surface area contributed by atoms with Gasteiger partial charge in [0.1, 0.15) is 4.61 Å². The van der Waals surface area contributed by atoms with Crippen LogP contribution in [0.15, 0.2) is 24.5 Å². The number of aromatic nitrogens is 1. The standard InChI is InChI=1S/C7H6F2INO/c8-7(9,12-5-10)6-2-1-3-11-4-6/h1-4H,5H2. The van der Waals surface area contributed by atoms with E-state index in [2.05, 4.69) is 9.72 Å². The van der Waals surface area contributed by atoms with Crippen molar-refractivity contribution in [2.75, 3.05) is 4.61 Å². The fourth-order valence-corrected chi connectivity index (χ4v) is 1.08. The lowest BCUT2D eigenvalue weighted by molar-refractivity contribution is -0.234. The summed E-state index contributed by atoms with van der Waals surface area (Å²) in [6.45, 7) is 0. The van der Waals surface area contributed by atoms with Crippen molar-refractivity contribution in [3.8, 4) is 0 Å². The number of hydrogen-bond acceptors (Lipinski definition) is 2. The van der Waals surface area contributed by atoms with Crippen molar-refractivity contribution in [2.24, 2.45) is 0 Å². The van der Waals surface area contributed by atoms with Gasteiger partial charge in [0.2, 0.25) is 0 Å². The molecule has 1 rings (SSSR count). The third kappa shape index (κ3) is 2.34. The third-order valence-corrected chi connectivity index (χ3v) is 1.54. The van der Waals surface area contributed by atoms with Crippen molar-refractivity contribution in [1.29, 1.82) is 0 Å². The van der Waals surface area contributed by atoms with Crippen LogP contribution in [-0.4, -0.2) is 9.60 Å². The third-order valence-electron chi connectivity index (χ3n) is 1.23. The molecule has 0 bridgehead atoms. The molecule has 0 amide bonds. The summed E-state index contributed by atoms with van der Waals surface area (Å²) in [5.74, 6) is 0. The van der Waals surface area contributed by atoms with Crippen LogP contribution in [0.5, 0.6) is 0 Å². The number of rotatable bonds is 3. The number of halogens is 3. The smallest absolute Gasteiger partial charge is 0.306 e. The van der Waals surface area contributed by atoms with Gasteiger partial charge >= 0.3 is 6.11 Å². The summed E-state index contributed by atoms with van der Waals surface area (Å²) >= 11 is 1.72. The molecule has 1 heterocycles. The van der Waals surface area contributed by atoms with Gasteiger partial charge in [-0.25, -0.2) is 0 Å². The minimum atomic E-state index is -3.23. The molecule has 0 saturated carbocycles. The number of nitrogens with zero attached hydrogens (tertiary/aromatic N) is 1. The molecule has 0 spiro atoms. The zero-order chi connectivity index (χ0) is 9.03. The predicted molar refractivity (Wildman–Crippen MR) is 48.1 cm³/mol. The van der Waals surface area contributed by atoms with Crippen LogP contribution in [0.4, 0.5) is 8.78 Å². The summed E-state index contributed by atoms with van der Waals surface area (Å²) in [5.41, 5.74) is -0.221. The highest BCUT2D eigenvalue weighted by molar-refractivity contribution is 14.1. The van der Waals surface area contributed by atoms with Crippen molar-refractivity contribution in [3.63, 3.8) is 0 Å². The number of alkyl halides is 3. The Kier molecular flexibility index (Phi) is 3.33. The van der Waals surface area contributed by atoms with Crippen LogP contribution in [0, 0.1) is 0 Å². The SMILES string of the molecule is FC(F)(OCI)c1cccnc1. The molecule has 2 nitrogen and oxygen atoms in total. The minimum absolute atomic E-state index is 0.0559. The fourth-order valence-electron chi connectivity index (χ4n) is 0.687. The van der Waals surface area contributed by atoms with Crippen molar-refractivity contribution in [3.05, 3.63) is 30.1 Å². The van der Waals surface area contributed by atoms with E-state index in [9.17, 15) is 8.78 Å². The van der Waals surface area contributed by atoms with Gasteiger partial charge < -0.3 is 4.74 Å². The molecule has 1 aromatic rings. The Labute approximate surface area is 82.1 Å². The molecule has 0 saturated heterocycles. The molecule has 0 atom stereocenters. The Balaban J connectivity index is 2.82. The highest BCUT2D eigenvalue weighted by atomic mass is 127. The van der Waals surface area contributed by atoms with E-state index in [-0.39, 0.29) is 10.2 Å². The van der Waals surface area contributed by atoms with E-state index in [4.69, 9.17) is 0 Å². The summed E-state index contributed by atoms with van der Waals surface area (Å²) in [6, 6.07) is 2.72. The summed E-state index contributed by atoms with van der Waals surface area (Å²) in [4.78, 5) is 3.57. The summed E-state index contributed by atoms with van der Waals surface area (Å²) in [7, 11) is 0. The van der Waals surface area contributed by atoms with Crippen molar-refractivity contribution >= 4 is 22.6 Å².